The summed E-state index contributed by atoms with van der Waals surface area (Å²) in [6.07, 6.45) is 1.42. The highest BCUT2D eigenvalue weighted by Gasteiger charge is 2.24. The fourth-order valence-electron chi connectivity index (χ4n) is 1.53. The first-order valence-electron chi connectivity index (χ1n) is 4.66. The molecule has 1 heterocycles. The summed E-state index contributed by atoms with van der Waals surface area (Å²) in [4.78, 5) is 11.7. The molecule has 72 valence electrons. The van der Waals surface area contributed by atoms with Crippen LogP contribution in [0.15, 0.2) is 42.0 Å². The van der Waals surface area contributed by atoms with Gasteiger partial charge in [-0.1, -0.05) is 36.4 Å². The number of hydrogen-bond acceptors (Lipinski definition) is 2. The number of hydrogen-bond donors (Lipinski definition) is 0. The van der Waals surface area contributed by atoms with E-state index >= 15 is 0 Å². The van der Waals surface area contributed by atoms with Gasteiger partial charge in [0.1, 0.15) is 6.10 Å². The van der Waals surface area contributed by atoms with Gasteiger partial charge in [-0.05, 0) is 18.1 Å². The molecule has 14 heavy (non-hydrogen) atoms. The van der Waals surface area contributed by atoms with E-state index in [0.717, 1.165) is 11.1 Å². The molecule has 1 atom stereocenters. The fourth-order valence-corrected chi connectivity index (χ4v) is 1.53. The van der Waals surface area contributed by atoms with E-state index in [4.69, 9.17) is 4.74 Å². The summed E-state index contributed by atoms with van der Waals surface area (Å²) in [5.74, 6) is 0.0717. The number of carbonyl (C=O) groups is 1. The van der Waals surface area contributed by atoms with E-state index in [2.05, 4.69) is 0 Å². The second-order valence-electron chi connectivity index (χ2n) is 3.38. The van der Waals surface area contributed by atoms with Crippen molar-refractivity contribution in [3.63, 3.8) is 0 Å². The van der Waals surface area contributed by atoms with Crippen molar-refractivity contribution >= 4 is 5.78 Å². The molecule has 1 unspecified atom stereocenters. The number of carbonyl (C=O) groups excluding carboxylic acids is 1. The maximum Gasteiger partial charge on any atom is 0.191 e. The molecule has 1 aromatic carbocycles. The Morgan fingerprint density at radius 1 is 1.29 bits per heavy atom. The van der Waals surface area contributed by atoms with Crippen molar-refractivity contribution in [1.29, 1.82) is 0 Å². The molecule has 1 aliphatic heterocycles. The molecule has 0 spiro atoms. The molecule has 0 N–H and O–H groups in total. The van der Waals surface area contributed by atoms with Crippen LogP contribution in [-0.4, -0.2) is 12.4 Å². The number of ether oxygens (including phenoxy) is 1. The lowest BCUT2D eigenvalue weighted by Gasteiger charge is -2.20. The molecular weight excluding hydrogens is 176 g/mol. The average molecular weight is 188 g/mol. The van der Waals surface area contributed by atoms with Crippen LogP contribution < -0.4 is 0 Å². The lowest BCUT2D eigenvalue weighted by molar-refractivity contribution is -0.127. The van der Waals surface area contributed by atoms with Gasteiger partial charge < -0.3 is 4.74 Å². The molecule has 1 aromatic rings. The first-order chi connectivity index (χ1) is 6.79. The lowest BCUT2D eigenvalue weighted by Crippen LogP contribution is -2.21. The van der Waals surface area contributed by atoms with Gasteiger partial charge in [0.15, 0.2) is 5.78 Å². The van der Waals surface area contributed by atoms with Crippen molar-refractivity contribution in [3.8, 4) is 0 Å². The van der Waals surface area contributed by atoms with Gasteiger partial charge in [-0.25, -0.2) is 0 Å². The van der Waals surface area contributed by atoms with E-state index in [9.17, 15) is 4.79 Å². The van der Waals surface area contributed by atoms with E-state index in [0.29, 0.717) is 6.61 Å². The highest BCUT2D eigenvalue weighted by Crippen LogP contribution is 2.24. The van der Waals surface area contributed by atoms with Gasteiger partial charge in [0, 0.05) is 0 Å². The van der Waals surface area contributed by atoms with Crippen molar-refractivity contribution in [2.75, 3.05) is 6.61 Å². The molecule has 2 rings (SSSR count). The second kappa shape index (κ2) is 3.76. The summed E-state index contributed by atoms with van der Waals surface area (Å²) >= 11 is 0. The van der Waals surface area contributed by atoms with Crippen LogP contribution in [-0.2, 0) is 9.53 Å². The zero-order chi connectivity index (χ0) is 9.97. The highest BCUT2D eigenvalue weighted by molar-refractivity contribution is 5.99. The summed E-state index contributed by atoms with van der Waals surface area (Å²) in [6.45, 7) is 2.36. The first-order valence-corrected chi connectivity index (χ1v) is 4.66. The Kier molecular flexibility index (Phi) is 2.46. The van der Waals surface area contributed by atoms with Crippen LogP contribution in [0.1, 0.15) is 18.6 Å². The lowest BCUT2D eigenvalue weighted by atomic mass is 9.99. The Labute approximate surface area is 83.2 Å². The van der Waals surface area contributed by atoms with Crippen molar-refractivity contribution in [1.82, 2.24) is 0 Å². The SMILES string of the molecule is CC1=CCOC(c2ccccc2)C1=O. The summed E-state index contributed by atoms with van der Waals surface area (Å²) in [6, 6.07) is 9.60. The van der Waals surface area contributed by atoms with E-state index in [1.54, 1.807) is 0 Å². The molecular formula is C12H12O2. The Bertz CT molecular complexity index is 365. The highest BCUT2D eigenvalue weighted by atomic mass is 16.5. The van der Waals surface area contributed by atoms with Crippen LogP contribution in [0.5, 0.6) is 0 Å². The van der Waals surface area contributed by atoms with Crippen molar-refractivity contribution in [3.05, 3.63) is 47.5 Å². The van der Waals surface area contributed by atoms with Crippen LogP contribution in [0.2, 0.25) is 0 Å². The van der Waals surface area contributed by atoms with E-state index in [-0.39, 0.29) is 5.78 Å². The summed E-state index contributed by atoms with van der Waals surface area (Å²) < 4.78 is 5.42. The Hall–Kier alpha value is -1.41. The third kappa shape index (κ3) is 1.61. The van der Waals surface area contributed by atoms with E-state index in [1.807, 2.05) is 43.3 Å². The summed E-state index contributed by atoms with van der Waals surface area (Å²) in [5.41, 5.74) is 1.73. The summed E-state index contributed by atoms with van der Waals surface area (Å²) in [5, 5.41) is 0. The third-order valence-electron chi connectivity index (χ3n) is 2.38. The van der Waals surface area contributed by atoms with Crippen molar-refractivity contribution in [2.24, 2.45) is 0 Å². The first kappa shape index (κ1) is 9.16. The molecule has 2 nitrogen and oxygen atoms in total. The number of ketones is 1. The van der Waals surface area contributed by atoms with E-state index < -0.39 is 6.10 Å². The molecule has 2 heteroatoms. The molecule has 1 aliphatic rings. The van der Waals surface area contributed by atoms with Crippen molar-refractivity contribution in [2.45, 2.75) is 13.0 Å². The Morgan fingerprint density at radius 3 is 2.71 bits per heavy atom. The monoisotopic (exact) mass is 188 g/mol. The predicted molar refractivity (Wildman–Crippen MR) is 53.9 cm³/mol. The predicted octanol–water partition coefficient (Wildman–Crippen LogP) is 2.27. The van der Waals surface area contributed by atoms with Crippen LogP contribution in [0, 0.1) is 0 Å². The number of rotatable bonds is 1. The largest absolute Gasteiger partial charge is 0.361 e. The molecule has 0 aromatic heterocycles. The maximum atomic E-state index is 11.7. The van der Waals surface area contributed by atoms with Crippen molar-refractivity contribution < 1.29 is 9.53 Å². The van der Waals surface area contributed by atoms with Gasteiger partial charge in [0.05, 0.1) is 6.61 Å². The molecule has 0 fully saturated rings. The third-order valence-corrected chi connectivity index (χ3v) is 2.38. The number of benzene rings is 1. The molecule has 0 amide bonds. The quantitative estimate of drug-likeness (QED) is 0.675. The zero-order valence-electron chi connectivity index (χ0n) is 8.07. The normalized spacial score (nSPS) is 21.9. The zero-order valence-corrected chi connectivity index (χ0v) is 8.07. The minimum atomic E-state index is -0.402. The second-order valence-corrected chi connectivity index (χ2v) is 3.38. The topological polar surface area (TPSA) is 26.3 Å². The van der Waals surface area contributed by atoms with Gasteiger partial charge in [-0.3, -0.25) is 4.79 Å². The molecule has 0 saturated heterocycles. The van der Waals surface area contributed by atoms with Gasteiger partial charge in [0.2, 0.25) is 0 Å². The van der Waals surface area contributed by atoms with Crippen LogP contribution in [0.4, 0.5) is 0 Å². The average Bonchev–Trinajstić information content (AvgIpc) is 2.23. The standard InChI is InChI=1S/C12H12O2/c1-9-7-8-14-12(11(9)13)10-5-3-2-4-6-10/h2-7,12H,8H2,1H3. The van der Waals surface area contributed by atoms with Crippen LogP contribution >= 0.6 is 0 Å². The Balaban J connectivity index is 2.29. The minimum Gasteiger partial charge on any atom is -0.361 e. The summed E-state index contributed by atoms with van der Waals surface area (Å²) in [7, 11) is 0. The Morgan fingerprint density at radius 2 is 2.00 bits per heavy atom. The van der Waals surface area contributed by atoms with Crippen LogP contribution in [0.25, 0.3) is 0 Å². The maximum absolute atomic E-state index is 11.7. The van der Waals surface area contributed by atoms with Gasteiger partial charge >= 0.3 is 0 Å². The van der Waals surface area contributed by atoms with Gasteiger partial charge in [-0.15, -0.1) is 0 Å². The molecule has 0 aliphatic carbocycles. The smallest absolute Gasteiger partial charge is 0.191 e. The van der Waals surface area contributed by atoms with E-state index in [1.165, 1.54) is 0 Å². The molecule has 0 bridgehead atoms. The van der Waals surface area contributed by atoms with Gasteiger partial charge in [0.25, 0.3) is 0 Å². The molecule has 0 saturated carbocycles. The number of Topliss-reactive ketones (excluding diaryl/α,β-unsaturated/α-hetero) is 1. The fraction of sp³-hybridized carbons (Fsp3) is 0.250. The molecule has 0 radical (unpaired) electrons. The van der Waals surface area contributed by atoms with Gasteiger partial charge in [-0.2, -0.15) is 0 Å². The van der Waals surface area contributed by atoms with Crippen LogP contribution in [0.3, 0.4) is 0 Å². The minimum absolute atomic E-state index is 0.0717.